The molecular formula is C37H45ClFN7O6. The van der Waals surface area contributed by atoms with Gasteiger partial charge in [-0.25, -0.2) is 9.37 Å². The lowest BCUT2D eigenvalue weighted by atomic mass is 9.72. The fourth-order valence-electron chi connectivity index (χ4n) is 9.57. The van der Waals surface area contributed by atoms with E-state index in [9.17, 15) is 5.11 Å². The van der Waals surface area contributed by atoms with Crippen molar-refractivity contribution in [1.82, 2.24) is 30.0 Å². The van der Waals surface area contributed by atoms with Crippen LogP contribution in [0.5, 0.6) is 11.9 Å². The third kappa shape index (κ3) is 5.68. The van der Waals surface area contributed by atoms with E-state index in [1.165, 1.54) is 7.11 Å². The molecule has 278 valence electrons. The number of β-amino-alcohol motifs (C(OH)–C–C–N with tert-alkyl or cyclic N) is 1. The molecule has 4 aromatic rings. The number of halogens is 2. The number of pyridine rings is 1. The molecule has 52 heavy (non-hydrogen) atoms. The number of aliphatic hydroxyl groups is 1. The van der Waals surface area contributed by atoms with Gasteiger partial charge in [-0.1, -0.05) is 18.0 Å². The Hall–Kier alpha value is -3.40. The molecule has 15 heteroatoms. The second kappa shape index (κ2) is 12.9. The third-order valence-electron chi connectivity index (χ3n) is 12.0. The highest BCUT2D eigenvalue weighted by atomic mass is 35.5. The van der Waals surface area contributed by atoms with E-state index in [2.05, 4.69) is 15.1 Å². The number of piperidine rings is 1. The summed E-state index contributed by atoms with van der Waals surface area (Å²) >= 11 is 6.64. The minimum atomic E-state index is -1.19. The summed E-state index contributed by atoms with van der Waals surface area (Å²) in [5, 5.41) is 19.7. The number of benzene rings is 1. The van der Waals surface area contributed by atoms with Gasteiger partial charge in [0, 0.05) is 52.9 Å². The molecule has 2 N–H and O–H groups in total. The molecule has 5 fully saturated rings. The molecule has 1 spiro atoms. The summed E-state index contributed by atoms with van der Waals surface area (Å²) in [5.41, 5.74) is 0.553. The monoisotopic (exact) mass is 737 g/mol. The fraction of sp³-hybridized carbons (Fsp3) is 0.622. The van der Waals surface area contributed by atoms with Crippen LogP contribution in [-0.2, 0) is 14.2 Å². The fourth-order valence-corrected chi connectivity index (χ4v) is 9.77. The number of anilines is 1. The third-order valence-corrected chi connectivity index (χ3v) is 12.4. The summed E-state index contributed by atoms with van der Waals surface area (Å²) < 4.78 is 47.4. The van der Waals surface area contributed by atoms with Gasteiger partial charge in [0.1, 0.15) is 28.0 Å². The summed E-state index contributed by atoms with van der Waals surface area (Å²) in [6.07, 6.45) is 8.79. The van der Waals surface area contributed by atoms with Crippen LogP contribution in [0.15, 0.2) is 12.3 Å². The first kappa shape index (κ1) is 34.4. The number of aromatic amines is 1. The lowest BCUT2D eigenvalue weighted by molar-refractivity contribution is -0.242. The average molecular weight is 738 g/mol. The molecule has 0 radical (unpaired) electrons. The van der Waals surface area contributed by atoms with Crippen molar-refractivity contribution in [3.63, 3.8) is 0 Å². The number of H-pyrrole nitrogens is 1. The van der Waals surface area contributed by atoms with Gasteiger partial charge in [-0.15, -0.1) is 0 Å². The summed E-state index contributed by atoms with van der Waals surface area (Å²) in [5.74, 6) is -0.561. The smallest absolute Gasteiger partial charge is 0.319 e. The highest BCUT2D eigenvalue weighted by molar-refractivity contribution is 6.33. The van der Waals surface area contributed by atoms with Gasteiger partial charge in [0.15, 0.2) is 11.6 Å². The molecule has 3 aromatic heterocycles. The van der Waals surface area contributed by atoms with Crippen LogP contribution in [-0.4, -0.2) is 118 Å². The molecule has 1 aromatic carbocycles. The number of ether oxygens (including phenoxy) is 5. The van der Waals surface area contributed by atoms with Crippen molar-refractivity contribution in [2.24, 2.45) is 5.41 Å². The highest BCUT2D eigenvalue weighted by Crippen LogP contribution is 2.53. The number of nitrogens with one attached hydrogen (secondary N) is 1. The molecule has 3 atom stereocenters. The Morgan fingerprint density at radius 2 is 1.92 bits per heavy atom. The number of nitrogens with zero attached hydrogens (tertiary/aromatic N) is 6. The molecule has 0 bridgehead atoms. The Morgan fingerprint density at radius 3 is 2.73 bits per heavy atom. The minimum Gasteiger partial charge on any atom is -0.480 e. The summed E-state index contributed by atoms with van der Waals surface area (Å²) in [6.45, 7) is 7.40. The number of hydrogen-bond donors (Lipinski definition) is 2. The Morgan fingerprint density at radius 1 is 1.12 bits per heavy atom. The summed E-state index contributed by atoms with van der Waals surface area (Å²) in [4.78, 5) is 19.0. The van der Waals surface area contributed by atoms with Crippen LogP contribution in [0.25, 0.3) is 33.1 Å². The molecule has 3 saturated heterocycles. The number of hydrogen-bond acceptors (Lipinski definition) is 12. The molecule has 0 amide bonds. The Balaban J connectivity index is 1.12. The second-order valence-corrected chi connectivity index (χ2v) is 16.0. The zero-order valence-corrected chi connectivity index (χ0v) is 30.6. The van der Waals surface area contributed by atoms with Crippen molar-refractivity contribution in [2.75, 3.05) is 64.7 Å². The van der Waals surface area contributed by atoms with Crippen molar-refractivity contribution < 1.29 is 33.2 Å². The maximum absolute atomic E-state index is 17.2. The van der Waals surface area contributed by atoms with Gasteiger partial charge in [0.25, 0.3) is 0 Å². The molecule has 9 rings (SSSR count). The maximum atomic E-state index is 17.2. The molecule has 2 aliphatic carbocycles. The van der Waals surface area contributed by atoms with Gasteiger partial charge in [-0.05, 0) is 57.7 Å². The normalized spacial score (nSPS) is 28.0. The number of methoxy groups -OCH3 is 1. The number of rotatable bonds is 7. The second-order valence-electron chi connectivity index (χ2n) is 15.6. The van der Waals surface area contributed by atoms with Crippen molar-refractivity contribution in [2.45, 2.75) is 82.3 Å². The predicted octanol–water partition coefficient (Wildman–Crippen LogP) is 5.18. The average Bonchev–Trinajstić information content (AvgIpc) is 3.87. The highest BCUT2D eigenvalue weighted by Gasteiger charge is 2.57. The van der Waals surface area contributed by atoms with Crippen LogP contribution in [0, 0.1) is 18.2 Å². The predicted molar refractivity (Wildman–Crippen MR) is 191 cm³/mol. The van der Waals surface area contributed by atoms with Gasteiger partial charge in [0.2, 0.25) is 5.88 Å². The van der Waals surface area contributed by atoms with E-state index in [0.717, 1.165) is 51.5 Å². The van der Waals surface area contributed by atoms with Gasteiger partial charge in [-0.3, -0.25) is 10.00 Å². The van der Waals surface area contributed by atoms with Gasteiger partial charge in [0.05, 0.1) is 58.4 Å². The topological polar surface area (TPSA) is 140 Å². The van der Waals surface area contributed by atoms with Crippen LogP contribution in [0.3, 0.4) is 0 Å². The summed E-state index contributed by atoms with van der Waals surface area (Å²) in [6, 6.07) is 2.61. The van der Waals surface area contributed by atoms with Gasteiger partial charge < -0.3 is 33.7 Å². The SMILES string of the molecule is COc1nc(-c2c(C)c(Cl)cc3[nH]ncc23)c(F)c2nc(OCC34CCCC3N(C3CC5(C3)OCCO5)CCC4)nc(N3CCOCC(C)(O)C3)c12. The molecule has 5 aliphatic rings. The van der Waals surface area contributed by atoms with Crippen LogP contribution >= 0.6 is 11.6 Å². The van der Waals surface area contributed by atoms with Gasteiger partial charge >= 0.3 is 6.01 Å². The molecular weight excluding hydrogens is 693 g/mol. The van der Waals surface area contributed by atoms with E-state index in [1.54, 1.807) is 19.2 Å². The molecule has 3 unspecified atom stereocenters. The number of fused-ring (bicyclic) bond motifs is 3. The Kier molecular flexibility index (Phi) is 8.51. The Labute approximate surface area is 306 Å². The zero-order valence-electron chi connectivity index (χ0n) is 29.8. The maximum Gasteiger partial charge on any atom is 0.319 e. The lowest BCUT2D eigenvalue weighted by Gasteiger charge is -2.55. The lowest BCUT2D eigenvalue weighted by Crippen LogP contribution is -2.63. The van der Waals surface area contributed by atoms with Crippen LogP contribution < -0.4 is 14.4 Å². The molecule has 6 heterocycles. The minimum absolute atomic E-state index is 0.00440. The van der Waals surface area contributed by atoms with E-state index in [0.29, 0.717) is 77.9 Å². The molecule has 2 saturated carbocycles. The van der Waals surface area contributed by atoms with E-state index in [1.807, 2.05) is 11.8 Å². The van der Waals surface area contributed by atoms with E-state index in [-0.39, 0.29) is 47.1 Å². The first-order chi connectivity index (χ1) is 25.1. The van der Waals surface area contributed by atoms with E-state index < -0.39 is 17.2 Å². The number of likely N-dealkylation sites (tertiary alicyclic amines) is 1. The van der Waals surface area contributed by atoms with Crippen molar-refractivity contribution >= 4 is 39.2 Å². The van der Waals surface area contributed by atoms with Crippen molar-refractivity contribution in [3.8, 4) is 23.1 Å². The van der Waals surface area contributed by atoms with Crippen LogP contribution in [0.1, 0.15) is 57.4 Å². The largest absolute Gasteiger partial charge is 0.480 e. The Bertz CT molecular complexity index is 2020. The number of aromatic nitrogens is 5. The van der Waals surface area contributed by atoms with E-state index in [4.69, 9.17) is 50.2 Å². The van der Waals surface area contributed by atoms with Gasteiger partial charge in [-0.2, -0.15) is 15.1 Å². The summed E-state index contributed by atoms with van der Waals surface area (Å²) in [7, 11) is 1.49. The first-order valence-corrected chi connectivity index (χ1v) is 18.8. The van der Waals surface area contributed by atoms with Crippen molar-refractivity contribution in [3.05, 3.63) is 28.7 Å². The van der Waals surface area contributed by atoms with Crippen molar-refractivity contribution in [1.29, 1.82) is 0 Å². The van der Waals surface area contributed by atoms with E-state index >= 15 is 4.39 Å². The quantitative estimate of drug-likeness (QED) is 0.258. The van der Waals surface area contributed by atoms with Crippen LogP contribution in [0.4, 0.5) is 10.2 Å². The molecule has 3 aliphatic heterocycles. The first-order valence-electron chi connectivity index (χ1n) is 18.4. The standard InChI is InChI=1S/C37H45ClFN7O6/c1-21-24(38)14-25-23(17-40-44-25)27(21)30-29(39)31-28(33(41-30)48-3)32(45-10-11-49-19-35(2,47)18-45)43-34(42-31)50-20-36-7-4-6-26(36)46(9-5-8-36)22-15-37(16-22)51-12-13-52-37/h14,17,22,26,47H,4-13,15-16,18-20H2,1-3H3,(H,40,44). The molecule has 13 nitrogen and oxygen atoms in total. The van der Waals surface area contributed by atoms with Crippen LogP contribution in [0.2, 0.25) is 5.02 Å². The zero-order chi connectivity index (χ0) is 35.8.